The number of carbonyl (C=O) groups is 1. The lowest BCUT2D eigenvalue weighted by molar-refractivity contribution is 0.246. The van der Waals surface area contributed by atoms with E-state index >= 15 is 0 Å². The third kappa shape index (κ3) is 5.72. The van der Waals surface area contributed by atoms with E-state index in [-0.39, 0.29) is 11.4 Å². The van der Waals surface area contributed by atoms with Gasteiger partial charge in [0, 0.05) is 36.3 Å². The van der Waals surface area contributed by atoms with Gasteiger partial charge in [-0.05, 0) is 56.5 Å². The van der Waals surface area contributed by atoms with Gasteiger partial charge in [-0.3, -0.25) is 9.38 Å². The van der Waals surface area contributed by atoms with Gasteiger partial charge in [0.15, 0.2) is 5.65 Å². The average molecular weight is 555 g/mol. The number of aryl methyl sites for hydroxylation is 3. The third-order valence-corrected chi connectivity index (χ3v) is 7.97. The molecule has 9 nitrogen and oxygen atoms in total. The van der Waals surface area contributed by atoms with Gasteiger partial charge < -0.3 is 5.32 Å². The highest BCUT2D eigenvalue weighted by Crippen LogP contribution is 2.29. The molecule has 0 aliphatic carbocycles. The molecular formula is C30H30N6O3S. The molecule has 40 heavy (non-hydrogen) atoms. The van der Waals surface area contributed by atoms with E-state index in [0.717, 1.165) is 57.1 Å². The molecule has 2 amide bonds. The van der Waals surface area contributed by atoms with E-state index in [1.165, 1.54) is 12.1 Å². The number of aromatic nitrogens is 4. The van der Waals surface area contributed by atoms with Crippen molar-refractivity contribution in [2.75, 3.05) is 6.54 Å². The monoisotopic (exact) mass is 554 g/mol. The minimum absolute atomic E-state index is 0.0428. The highest BCUT2D eigenvalue weighted by Gasteiger charge is 2.18. The topological polar surface area (TPSA) is 118 Å². The Kier molecular flexibility index (Phi) is 7.61. The van der Waals surface area contributed by atoms with Crippen LogP contribution in [0.25, 0.3) is 28.2 Å². The van der Waals surface area contributed by atoms with E-state index in [0.29, 0.717) is 6.42 Å². The van der Waals surface area contributed by atoms with Crippen LogP contribution in [-0.4, -0.2) is 40.3 Å². The molecule has 0 spiro atoms. The molecule has 0 unspecified atom stereocenters. The lowest BCUT2D eigenvalue weighted by Gasteiger charge is -2.10. The van der Waals surface area contributed by atoms with E-state index in [1.54, 1.807) is 24.5 Å². The molecule has 2 aromatic carbocycles. The summed E-state index contributed by atoms with van der Waals surface area (Å²) in [4.78, 5) is 26.1. The molecular weight excluding hydrogens is 524 g/mol. The van der Waals surface area contributed by atoms with Gasteiger partial charge in [0.2, 0.25) is 0 Å². The van der Waals surface area contributed by atoms with Crippen molar-refractivity contribution in [3.8, 4) is 22.5 Å². The minimum Gasteiger partial charge on any atom is -0.337 e. The first-order chi connectivity index (χ1) is 19.2. The molecule has 0 bridgehead atoms. The molecule has 3 aromatic heterocycles. The van der Waals surface area contributed by atoms with Crippen molar-refractivity contribution >= 4 is 21.7 Å². The summed E-state index contributed by atoms with van der Waals surface area (Å²) in [7, 11) is -3.93. The van der Waals surface area contributed by atoms with Crippen LogP contribution in [-0.2, 0) is 22.9 Å². The van der Waals surface area contributed by atoms with Gasteiger partial charge in [-0.25, -0.2) is 27.9 Å². The molecule has 0 aliphatic rings. The van der Waals surface area contributed by atoms with Crippen LogP contribution in [0.15, 0.2) is 84.1 Å². The number of benzene rings is 2. The minimum atomic E-state index is -3.93. The summed E-state index contributed by atoms with van der Waals surface area (Å²) in [6, 6.07) is 17.5. The molecule has 0 saturated heterocycles. The second kappa shape index (κ2) is 11.3. The Morgan fingerprint density at radius 2 is 1.70 bits per heavy atom. The third-order valence-electron chi connectivity index (χ3n) is 6.62. The number of pyridine rings is 1. The fourth-order valence-corrected chi connectivity index (χ4v) is 5.46. The molecule has 3 heterocycles. The number of urea groups is 1. The molecule has 0 aliphatic heterocycles. The summed E-state index contributed by atoms with van der Waals surface area (Å²) in [5.41, 5.74) is 8.37. The molecule has 2 N–H and O–H groups in total. The van der Waals surface area contributed by atoms with Crippen LogP contribution in [0.5, 0.6) is 0 Å². The van der Waals surface area contributed by atoms with Crippen LogP contribution in [0.1, 0.15) is 29.4 Å². The number of nitrogens with one attached hydrogen (secondary N) is 2. The number of imidazole rings is 1. The van der Waals surface area contributed by atoms with Crippen molar-refractivity contribution in [1.82, 2.24) is 29.4 Å². The van der Waals surface area contributed by atoms with Crippen molar-refractivity contribution < 1.29 is 13.2 Å². The van der Waals surface area contributed by atoms with Crippen molar-refractivity contribution in [2.45, 2.75) is 38.5 Å². The molecule has 204 valence electrons. The number of amides is 2. The van der Waals surface area contributed by atoms with E-state index in [9.17, 15) is 13.2 Å². The maximum atomic E-state index is 12.4. The van der Waals surface area contributed by atoms with Crippen molar-refractivity contribution in [1.29, 1.82) is 0 Å². The standard InChI is InChI=1S/C30H30N6O3S/c1-4-26-28(36-19-27(24-6-5-16-31-18-24)33-21(3)29(36)34-26)23-11-9-22(10-12-23)15-17-32-30(37)35-40(38,39)25-13-7-20(2)8-14-25/h5-14,16,18-19H,4,15,17H2,1-3H3,(H2,32,35,37). The van der Waals surface area contributed by atoms with Gasteiger partial charge in [-0.1, -0.05) is 48.9 Å². The summed E-state index contributed by atoms with van der Waals surface area (Å²) in [6.45, 7) is 6.19. The van der Waals surface area contributed by atoms with Gasteiger partial charge in [0.05, 0.1) is 27.7 Å². The Labute approximate surface area is 233 Å². The van der Waals surface area contributed by atoms with Crippen LogP contribution >= 0.6 is 0 Å². The van der Waals surface area contributed by atoms with Gasteiger partial charge >= 0.3 is 6.03 Å². The Morgan fingerprint density at radius 3 is 2.38 bits per heavy atom. The quantitative estimate of drug-likeness (QED) is 0.283. The van der Waals surface area contributed by atoms with Crippen LogP contribution in [0.3, 0.4) is 0 Å². The molecule has 0 radical (unpaired) electrons. The van der Waals surface area contributed by atoms with E-state index in [4.69, 9.17) is 9.97 Å². The van der Waals surface area contributed by atoms with Crippen molar-refractivity contribution in [3.05, 3.63) is 102 Å². The normalized spacial score (nSPS) is 11.5. The Hall–Kier alpha value is -4.57. The summed E-state index contributed by atoms with van der Waals surface area (Å²) in [5, 5.41) is 2.63. The molecule has 0 fully saturated rings. The lowest BCUT2D eigenvalue weighted by atomic mass is 10.0. The first-order valence-electron chi connectivity index (χ1n) is 13.0. The SMILES string of the molecule is CCc1nc2c(C)nc(-c3cccnc3)cn2c1-c1ccc(CCNC(=O)NS(=O)(=O)c2ccc(C)cc2)cc1. The summed E-state index contributed by atoms with van der Waals surface area (Å²) in [5.74, 6) is 0. The lowest BCUT2D eigenvalue weighted by Crippen LogP contribution is -2.40. The van der Waals surface area contributed by atoms with Crippen LogP contribution in [0.2, 0.25) is 0 Å². The first-order valence-corrected chi connectivity index (χ1v) is 14.5. The number of nitrogens with zero attached hydrogens (tertiary/aromatic N) is 4. The number of hydrogen-bond donors (Lipinski definition) is 2. The smallest absolute Gasteiger partial charge is 0.328 e. The maximum absolute atomic E-state index is 12.4. The Bertz CT molecular complexity index is 1770. The molecule has 10 heteroatoms. The Balaban J connectivity index is 1.29. The molecule has 0 saturated carbocycles. The fraction of sp³-hybridized carbons (Fsp3) is 0.200. The second-order valence-corrected chi connectivity index (χ2v) is 11.2. The molecule has 5 rings (SSSR count). The number of fused-ring (bicyclic) bond motifs is 1. The van der Waals surface area contributed by atoms with Gasteiger partial charge in [0.1, 0.15) is 0 Å². The fourth-order valence-electron chi connectivity index (χ4n) is 4.53. The largest absolute Gasteiger partial charge is 0.337 e. The Morgan fingerprint density at radius 1 is 0.950 bits per heavy atom. The maximum Gasteiger partial charge on any atom is 0.328 e. The van der Waals surface area contributed by atoms with Crippen LogP contribution in [0, 0.1) is 13.8 Å². The zero-order valence-corrected chi connectivity index (χ0v) is 23.4. The average Bonchev–Trinajstić information content (AvgIpc) is 3.33. The van der Waals surface area contributed by atoms with Crippen LogP contribution < -0.4 is 10.0 Å². The second-order valence-electron chi connectivity index (χ2n) is 9.53. The van der Waals surface area contributed by atoms with E-state index < -0.39 is 16.1 Å². The summed E-state index contributed by atoms with van der Waals surface area (Å²) in [6.07, 6.45) is 6.85. The van der Waals surface area contributed by atoms with E-state index in [2.05, 4.69) is 26.3 Å². The van der Waals surface area contributed by atoms with Gasteiger partial charge in [0.25, 0.3) is 10.0 Å². The predicted octanol–water partition coefficient (Wildman–Crippen LogP) is 4.87. The number of rotatable bonds is 8. The van der Waals surface area contributed by atoms with E-state index in [1.807, 2.05) is 56.4 Å². The molecule has 0 atom stereocenters. The zero-order chi connectivity index (χ0) is 28.3. The summed E-state index contributed by atoms with van der Waals surface area (Å²) >= 11 is 0. The highest BCUT2D eigenvalue weighted by molar-refractivity contribution is 7.90. The predicted molar refractivity (Wildman–Crippen MR) is 154 cm³/mol. The zero-order valence-electron chi connectivity index (χ0n) is 22.5. The number of sulfonamides is 1. The highest BCUT2D eigenvalue weighted by atomic mass is 32.2. The van der Waals surface area contributed by atoms with Gasteiger partial charge in [-0.2, -0.15) is 0 Å². The number of carbonyl (C=O) groups excluding carboxylic acids is 1. The van der Waals surface area contributed by atoms with Gasteiger partial charge in [-0.15, -0.1) is 0 Å². The molecule has 5 aromatic rings. The first kappa shape index (κ1) is 27.0. The van der Waals surface area contributed by atoms with Crippen molar-refractivity contribution in [3.63, 3.8) is 0 Å². The number of hydrogen-bond acceptors (Lipinski definition) is 6. The van der Waals surface area contributed by atoms with Crippen molar-refractivity contribution in [2.24, 2.45) is 0 Å². The van der Waals surface area contributed by atoms with Crippen LogP contribution in [0.4, 0.5) is 4.79 Å². The summed E-state index contributed by atoms with van der Waals surface area (Å²) < 4.78 is 29.0.